The second-order valence-electron chi connectivity index (χ2n) is 3.02. The van der Waals surface area contributed by atoms with Gasteiger partial charge in [0.2, 0.25) is 0 Å². The van der Waals surface area contributed by atoms with Crippen molar-refractivity contribution in [1.29, 1.82) is 0 Å². The van der Waals surface area contributed by atoms with Crippen molar-refractivity contribution in [2.24, 2.45) is 0 Å². The highest BCUT2D eigenvalue weighted by atomic mass is 32.1. The molecule has 0 spiro atoms. The molecular formula is C10H8FNOS. The fourth-order valence-corrected chi connectivity index (χ4v) is 1.92. The molecular weight excluding hydrogens is 201 g/mol. The van der Waals surface area contributed by atoms with E-state index >= 15 is 0 Å². The molecule has 0 amide bonds. The molecule has 0 aliphatic carbocycles. The van der Waals surface area contributed by atoms with E-state index in [0.29, 0.717) is 0 Å². The van der Waals surface area contributed by atoms with Crippen molar-refractivity contribution in [3.05, 3.63) is 44.6 Å². The Morgan fingerprint density at radius 2 is 2.21 bits per heavy atom. The van der Waals surface area contributed by atoms with Crippen LogP contribution in [0.4, 0.5) is 4.39 Å². The summed E-state index contributed by atoms with van der Waals surface area (Å²) in [5, 5.41) is 1.74. The van der Waals surface area contributed by atoms with Gasteiger partial charge in [0.05, 0.1) is 5.69 Å². The van der Waals surface area contributed by atoms with Gasteiger partial charge in [-0.15, -0.1) is 0 Å². The molecule has 1 aromatic heterocycles. The van der Waals surface area contributed by atoms with Crippen LogP contribution in [0.25, 0.3) is 11.3 Å². The van der Waals surface area contributed by atoms with Gasteiger partial charge in [-0.2, -0.15) is 0 Å². The van der Waals surface area contributed by atoms with Crippen molar-refractivity contribution in [3.63, 3.8) is 0 Å². The molecule has 1 N–H and O–H groups in total. The number of aromatic nitrogens is 1. The molecule has 0 saturated heterocycles. The molecule has 0 atom stereocenters. The summed E-state index contributed by atoms with van der Waals surface area (Å²) in [5.74, 6) is -0.260. The minimum atomic E-state index is -0.260. The molecule has 0 aliphatic heterocycles. The summed E-state index contributed by atoms with van der Waals surface area (Å²) in [6, 6.07) is 4.51. The molecule has 1 aromatic carbocycles. The number of thiazole rings is 1. The summed E-state index contributed by atoms with van der Waals surface area (Å²) in [6.07, 6.45) is 0. The molecule has 2 aromatic rings. The second kappa shape index (κ2) is 3.38. The lowest BCUT2D eigenvalue weighted by molar-refractivity contribution is 0.627. The first kappa shape index (κ1) is 9.15. The highest BCUT2D eigenvalue weighted by Gasteiger charge is 2.04. The number of aromatic amines is 1. The zero-order valence-electron chi connectivity index (χ0n) is 7.50. The fourth-order valence-electron chi connectivity index (χ4n) is 1.34. The van der Waals surface area contributed by atoms with E-state index < -0.39 is 0 Å². The molecule has 2 nitrogen and oxygen atoms in total. The highest BCUT2D eigenvalue weighted by molar-refractivity contribution is 7.07. The molecule has 0 unspecified atom stereocenters. The van der Waals surface area contributed by atoms with Gasteiger partial charge >= 0.3 is 4.87 Å². The molecule has 14 heavy (non-hydrogen) atoms. The van der Waals surface area contributed by atoms with Gasteiger partial charge in [-0.1, -0.05) is 11.3 Å². The lowest BCUT2D eigenvalue weighted by Gasteiger charge is -2.01. The van der Waals surface area contributed by atoms with Gasteiger partial charge in [0.15, 0.2) is 0 Å². The van der Waals surface area contributed by atoms with Gasteiger partial charge in [-0.05, 0) is 30.7 Å². The number of aryl methyl sites for hydroxylation is 1. The van der Waals surface area contributed by atoms with Gasteiger partial charge in [0.1, 0.15) is 5.82 Å². The maximum Gasteiger partial charge on any atom is 0.304 e. The first-order chi connectivity index (χ1) is 6.66. The van der Waals surface area contributed by atoms with Crippen LogP contribution in [0.2, 0.25) is 0 Å². The van der Waals surface area contributed by atoms with E-state index in [9.17, 15) is 9.18 Å². The van der Waals surface area contributed by atoms with Crippen molar-refractivity contribution in [3.8, 4) is 11.3 Å². The van der Waals surface area contributed by atoms with E-state index in [2.05, 4.69) is 4.98 Å². The van der Waals surface area contributed by atoms with Gasteiger partial charge in [0, 0.05) is 10.9 Å². The van der Waals surface area contributed by atoms with Crippen LogP contribution in [0.5, 0.6) is 0 Å². The average Bonchev–Trinajstić information content (AvgIpc) is 2.51. The van der Waals surface area contributed by atoms with Crippen LogP contribution >= 0.6 is 11.3 Å². The van der Waals surface area contributed by atoms with E-state index in [-0.39, 0.29) is 10.7 Å². The molecule has 0 aliphatic rings. The summed E-state index contributed by atoms with van der Waals surface area (Å²) >= 11 is 1.11. The lowest BCUT2D eigenvalue weighted by Crippen LogP contribution is -1.93. The predicted molar refractivity (Wildman–Crippen MR) is 55.1 cm³/mol. The van der Waals surface area contributed by atoms with E-state index in [4.69, 9.17) is 0 Å². The van der Waals surface area contributed by atoms with Gasteiger partial charge in [-0.3, -0.25) is 4.79 Å². The summed E-state index contributed by atoms with van der Waals surface area (Å²) in [5.41, 5.74) is 2.43. The summed E-state index contributed by atoms with van der Waals surface area (Å²) in [4.78, 5) is 13.5. The summed E-state index contributed by atoms with van der Waals surface area (Å²) < 4.78 is 12.8. The average molecular weight is 209 g/mol. The Morgan fingerprint density at radius 1 is 1.43 bits per heavy atom. The van der Waals surface area contributed by atoms with Crippen LogP contribution in [0.1, 0.15) is 5.56 Å². The van der Waals surface area contributed by atoms with Crippen molar-refractivity contribution in [2.75, 3.05) is 0 Å². The molecule has 0 bridgehead atoms. The zero-order valence-corrected chi connectivity index (χ0v) is 8.32. The standard InChI is InChI=1S/C10H8FNOS/c1-6-4-7(11)2-3-8(6)9-5-14-10(13)12-9/h2-5H,1H3,(H,12,13). The Bertz CT molecular complexity index is 515. The molecule has 72 valence electrons. The number of hydrogen-bond acceptors (Lipinski definition) is 2. The van der Waals surface area contributed by atoms with Crippen molar-refractivity contribution in [2.45, 2.75) is 6.92 Å². The summed E-state index contributed by atoms with van der Waals surface area (Å²) in [6.45, 7) is 1.81. The molecule has 0 radical (unpaired) electrons. The first-order valence-electron chi connectivity index (χ1n) is 4.11. The number of rotatable bonds is 1. The number of nitrogens with one attached hydrogen (secondary N) is 1. The third-order valence-electron chi connectivity index (χ3n) is 2.00. The smallest absolute Gasteiger partial charge is 0.304 e. The fraction of sp³-hybridized carbons (Fsp3) is 0.100. The van der Waals surface area contributed by atoms with Crippen LogP contribution in [0.15, 0.2) is 28.4 Å². The number of hydrogen-bond donors (Lipinski definition) is 1. The van der Waals surface area contributed by atoms with Crippen LogP contribution < -0.4 is 4.87 Å². The van der Waals surface area contributed by atoms with Gasteiger partial charge < -0.3 is 4.98 Å². The zero-order chi connectivity index (χ0) is 10.1. The van der Waals surface area contributed by atoms with Crippen LogP contribution in [-0.4, -0.2) is 4.98 Å². The maximum atomic E-state index is 12.8. The summed E-state index contributed by atoms with van der Waals surface area (Å²) in [7, 11) is 0. The Morgan fingerprint density at radius 3 is 2.79 bits per heavy atom. The normalized spacial score (nSPS) is 10.4. The molecule has 0 saturated carbocycles. The Hall–Kier alpha value is -1.42. The lowest BCUT2D eigenvalue weighted by atomic mass is 10.1. The third kappa shape index (κ3) is 1.61. The topological polar surface area (TPSA) is 32.9 Å². The Kier molecular flexibility index (Phi) is 2.21. The predicted octanol–water partition coefficient (Wildman–Crippen LogP) is 2.55. The van der Waals surface area contributed by atoms with E-state index in [1.807, 2.05) is 6.92 Å². The number of H-pyrrole nitrogens is 1. The molecule has 1 heterocycles. The van der Waals surface area contributed by atoms with Crippen molar-refractivity contribution < 1.29 is 4.39 Å². The van der Waals surface area contributed by atoms with Crippen LogP contribution in [0.3, 0.4) is 0 Å². The number of halogens is 1. The highest BCUT2D eigenvalue weighted by Crippen LogP contribution is 2.21. The van der Waals surface area contributed by atoms with Gasteiger partial charge in [0.25, 0.3) is 0 Å². The minimum absolute atomic E-state index is 0.0938. The first-order valence-corrected chi connectivity index (χ1v) is 4.99. The largest absolute Gasteiger partial charge is 0.312 e. The van der Waals surface area contributed by atoms with Crippen molar-refractivity contribution >= 4 is 11.3 Å². The molecule has 4 heteroatoms. The Balaban J connectivity index is 2.57. The molecule has 0 fully saturated rings. The molecule has 2 rings (SSSR count). The van der Waals surface area contributed by atoms with Gasteiger partial charge in [-0.25, -0.2) is 4.39 Å². The van der Waals surface area contributed by atoms with Crippen LogP contribution in [0, 0.1) is 12.7 Å². The maximum absolute atomic E-state index is 12.8. The van der Waals surface area contributed by atoms with E-state index in [1.165, 1.54) is 12.1 Å². The quantitative estimate of drug-likeness (QED) is 0.769. The van der Waals surface area contributed by atoms with Crippen molar-refractivity contribution in [1.82, 2.24) is 4.98 Å². The van der Waals surface area contributed by atoms with E-state index in [0.717, 1.165) is 28.2 Å². The third-order valence-corrected chi connectivity index (χ3v) is 2.67. The van der Waals surface area contributed by atoms with E-state index in [1.54, 1.807) is 11.4 Å². The van der Waals surface area contributed by atoms with Crippen LogP contribution in [-0.2, 0) is 0 Å². The number of benzene rings is 1. The SMILES string of the molecule is Cc1cc(F)ccc1-c1csc(=O)[nH]1. The monoisotopic (exact) mass is 209 g/mol. The Labute approximate surface area is 84.0 Å². The second-order valence-corrected chi connectivity index (χ2v) is 3.86. The minimum Gasteiger partial charge on any atom is -0.312 e.